The maximum atomic E-state index is 14.9. The van der Waals surface area contributed by atoms with E-state index in [4.69, 9.17) is 28.4 Å². The number of aromatic nitrogens is 4. The van der Waals surface area contributed by atoms with Gasteiger partial charge in [-0.25, -0.2) is 14.4 Å². The minimum Gasteiger partial charge on any atom is -0.496 e. The number of methoxy groups -OCH3 is 2. The predicted molar refractivity (Wildman–Crippen MR) is 248 cm³/mol. The zero-order chi connectivity index (χ0) is 46.0. The van der Waals surface area contributed by atoms with E-state index in [-0.39, 0.29) is 22.9 Å². The number of hydrogen-bond acceptors (Lipinski definition) is 12. The van der Waals surface area contributed by atoms with E-state index >= 15 is 0 Å². The van der Waals surface area contributed by atoms with Crippen LogP contribution in [0.4, 0.5) is 4.39 Å². The maximum absolute atomic E-state index is 14.9. The minimum atomic E-state index is -0.561. The van der Waals surface area contributed by atoms with Crippen molar-refractivity contribution < 1.29 is 42.4 Å². The number of Topliss-reactive ketones (excluding diaryl/α,β-unsaturated/α-hetero) is 2. The Kier molecular flexibility index (Phi) is 15.7. The Bertz CT molecular complexity index is 2580. The predicted octanol–water partition coefficient (Wildman–Crippen LogP) is 8.42. The van der Waals surface area contributed by atoms with Gasteiger partial charge in [-0.3, -0.25) is 18.4 Å². The van der Waals surface area contributed by atoms with Crippen molar-refractivity contribution in [3.05, 3.63) is 90.3 Å². The number of benzene rings is 2. The number of imidazole rings is 2. The molecule has 2 aliphatic rings. The molecule has 0 unspecified atom stereocenters. The van der Waals surface area contributed by atoms with Crippen LogP contribution in [0.3, 0.4) is 0 Å². The summed E-state index contributed by atoms with van der Waals surface area (Å²) in [6.45, 7) is 6.19. The molecule has 0 bridgehead atoms. The van der Waals surface area contributed by atoms with E-state index < -0.39 is 5.82 Å². The van der Waals surface area contributed by atoms with Crippen molar-refractivity contribution in [2.75, 3.05) is 88.5 Å². The third-order valence-electron chi connectivity index (χ3n) is 11.3. The zero-order valence-electron chi connectivity index (χ0n) is 38.6. The highest BCUT2D eigenvalue weighted by molar-refractivity contribution is 6.02. The van der Waals surface area contributed by atoms with E-state index in [1.807, 2.05) is 104 Å². The van der Waals surface area contributed by atoms with Gasteiger partial charge in [-0.1, -0.05) is 0 Å². The maximum Gasteiger partial charge on any atom is 0.170 e. The van der Waals surface area contributed by atoms with Crippen molar-refractivity contribution in [1.82, 2.24) is 28.6 Å². The molecule has 0 saturated heterocycles. The van der Waals surface area contributed by atoms with Gasteiger partial charge in [0, 0.05) is 68.2 Å². The van der Waals surface area contributed by atoms with Crippen LogP contribution < -0.4 is 23.7 Å². The summed E-state index contributed by atoms with van der Waals surface area (Å²) in [5.41, 5.74) is 5.04. The lowest BCUT2D eigenvalue weighted by Gasteiger charge is -2.17. The lowest BCUT2D eigenvalue weighted by molar-refractivity contribution is 0.0950. The second kappa shape index (κ2) is 21.8. The van der Waals surface area contributed by atoms with Gasteiger partial charge in [0.25, 0.3) is 0 Å². The Balaban J connectivity index is 0.000000196. The molecule has 6 aromatic rings. The van der Waals surface area contributed by atoms with E-state index in [1.54, 1.807) is 19.4 Å². The Morgan fingerprint density at radius 3 is 1.60 bits per heavy atom. The van der Waals surface area contributed by atoms with Gasteiger partial charge in [-0.05, 0) is 109 Å². The fourth-order valence-electron chi connectivity index (χ4n) is 7.40. The van der Waals surface area contributed by atoms with Crippen molar-refractivity contribution >= 4 is 22.9 Å². The van der Waals surface area contributed by atoms with Gasteiger partial charge in [0.05, 0.1) is 50.2 Å². The molecule has 2 aromatic carbocycles. The van der Waals surface area contributed by atoms with Crippen LogP contribution in [0, 0.1) is 17.7 Å². The largest absolute Gasteiger partial charge is 0.496 e. The first kappa shape index (κ1) is 46.9. The second-order valence-corrected chi connectivity index (χ2v) is 17.0. The van der Waals surface area contributed by atoms with Crippen molar-refractivity contribution in [2.24, 2.45) is 11.8 Å². The highest BCUT2D eigenvalue weighted by atomic mass is 19.1. The molecule has 14 nitrogen and oxygen atoms in total. The quantitative estimate of drug-likeness (QED) is 0.0452. The third-order valence-corrected chi connectivity index (χ3v) is 11.3. The molecule has 2 aliphatic carbocycles. The number of halogens is 1. The van der Waals surface area contributed by atoms with Gasteiger partial charge in [0.1, 0.15) is 71.2 Å². The summed E-state index contributed by atoms with van der Waals surface area (Å²) in [5, 5.41) is 0. The third kappa shape index (κ3) is 12.2. The number of carbonyl (C=O) groups is 2. The SMILES string of the molecule is CCOCCOc1cc(-c2cnc3cc(OCCN(C)C)ccn23)cc(OC)c1C(=O)CC1CC1.COc1cc(-c2cnc3cc(OCCN(C)C)ccn23)cc(F)c1C(=O)CC1CC1. The van der Waals surface area contributed by atoms with Crippen LogP contribution in [-0.2, 0) is 4.74 Å². The lowest BCUT2D eigenvalue weighted by Crippen LogP contribution is -2.19. The van der Waals surface area contributed by atoms with Crippen molar-refractivity contribution in [3.8, 4) is 51.3 Å². The fourth-order valence-corrected chi connectivity index (χ4v) is 7.40. The van der Waals surface area contributed by atoms with Crippen LogP contribution in [0.15, 0.2) is 73.3 Å². The number of carbonyl (C=O) groups excluding carboxylic acids is 2. The molecule has 0 radical (unpaired) electrons. The van der Waals surface area contributed by atoms with Crippen LogP contribution >= 0.6 is 0 Å². The highest BCUT2D eigenvalue weighted by Gasteiger charge is 2.30. The average molecular weight is 893 g/mol. The summed E-state index contributed by atoms with van der Waals surface area (Å²) in [6.07, 6.45) is 12.5. The number of likely N-dealkylation sites (N-methyl/N-ethyl adjacent to an activating group) is 2. The smallest absolute Gasteiger partial charge is 0.170 e. The molecule has 2 saturated carbocycles. The fraction of sp³-hybridized carbons (Fsp3) is 0.440. The van der Waals surface area contributed by atoms with E-state index in [0.29, 0.717) is 91.7 Å². The van der Waals surface area contributed by atoms with E-state index in [1.165, 1.54) is 13.2 Å². The number of fused-ring (bicyclic) bond motifs is 2. The van der Waals surface area contributed by atoms with E-state index in [0.717, 1.165) is 67.2 Å². The van der Waals surface area contributed by atoms with Crippen molar-refractivity contribution in [3.63, 3.8) is 0 Å². The first-order valence-electron chi connectivity index (χ1n) is 22.3. The van der Waals surface area contributed by atoms with Crippen molar-refractivity contribution in [2.45, 2.75) is 45.4 Å². The monoisotopic (exact) mass is 892 g/mol. The number of ether oxygens (including phenoxy) is 6. The van der Waals surface area contributed by atoms with Crippen LogP contribution in [-0.4, -0.2) is 129 Å². The molecule has 0 atom stereocenters. The van der Waals surface area contributed by atoms with Crippen LogP contribution in [0.25, 0.3) is 33.8 Å². The minimum absolute atomic E-state index is 0.0403. The molecule has 4 heterocycles. The number of nitrogens with zero attached hydrogens (tertiary/aromatic N) is 6. The zero-order valence-corrected chi connectivity index (χ0v) is 38.6. The molecule has 0 amide bonds. The Morgan fingerprint density at radius 2 is 1.12 bits per heavy atom. The summed E-state index contributed by atoms with van der Waals surface area (Å²) in [6, 6.07) is 14.4. The normalized spacial score (nSPS) is 13.6. The van der Waals surface area contributed by atoms with Gasteiger partial charge in [-0.2, -0.15) is 0 Å². The van der Waals surface area contributed by atoms with Gasteiger partial charge in [0.15, 0.2) is 11.6 Å². The molecule has 0 spiro atoms. The first-order chi connectivity index (χ1) is 31.5. The second-order valence-electron chi connectivity index (χ2n) is 17.0. The van der Waals surface area contributed by atoms with E-state index in [9.17, 15) is 14.0 Å². The number of pyridine rings is 2. The summed E-state index contributed by atoms with van der Waals surface area (Å²) in [5.74, 6) is 2.94. The Labute approximate surface area is 380 Å². The molecule has 346 valence electrons. The molecule has 0 N–H and O–H groups in total. The van der Waals surface area contributed by atoms with Gasteiger partial charge in [-0.15, -0.1) is 0 Å². The topological polar surface area (TPSA) is 131 Å². The first-order valence-corrected chi connectivity index (χ1v) is 22.3. The Hall–Kier alpha value is -6.03. The molecule has 8 rings (SSSR count). The lowest BCUT2D eigenvalue weighted by atomic mass is 10.00. The number of rotatable bonds is 23. The molecule has 65 heavy (non-hydrogen) atoms. The molecule has 2 fully saturated rings. The van der Waals surface area contributed by atoms with Crippen LogP contribution in [0.1, 0.15) is 66.2 Å². The molecule has 4 aromatic heterocycles. The molecule has 0 aliphatic heterocycles. The van der Waals surface area contributed by atoms with Crippen molar-refractivity contribution in [1.29, 1.82) is 0 Å². The van der Waals surface area contributed by atoms with Gasteiger partial charge >= 0.3 is 0 Å². The number of ketones is 2. The summed E-state index contributed by atoms with van der Waals surface area (Å²) in [4.78, 5) is 38.8. The molecule has 15 heteroatoms. The summed E-state index contributed by atoms with van der Waals surface area (Å²) in [7, 11) is 11.1. The van der Waals surface area contributed by atoms with Crippen LogP contribution in [0.2, 0.25) is 0 Å². The van der Waals surface area contributed by atoms with E-state index in [2.05, 4.69) is 14.9 Å². The Morgan fingerprint density at radius 1 is 0.646 bits per heavy atom. The van der Waals surface area contributed by atoms with Gasteiger partial charge < -0.3 is 38.2 Å². The molecular formula is C50H61FN6O8. The molecular weight excluding hydrogens is 832 g/mol. The average Bonchev–Trinajstić information content (AvgIpc) is 4.20. The summed E-state index contributed by atoms with van der Waals surface area (Å²) >= 11 is 0. The van der Waals surface area contributed by atoms with Crippen LogP contribution in [0.5, 0.6) is 28.7 Å². The highest BCUT2D eigenvalue weighted by Crippen LogP contribution is 2.41. The standard InChI is InChI=1S/C27H35N3O5.C23H26FN3O3/c1-5-33-12-13-35-25-16-20(15-24(32-4)27(25)23(31)14-19-6-7-19)22-18-28-26-17-21(8-9-30(22)26)34-11-10-29(2)3;1-26(2)8-9-30-17-6-7-27-19(14-25-22(27)13-17)16-11-18(24)23(21(12-16)29-3)20(28)10-15-4-5-15/h8-9,15-19H,5-7,10-14H2,1-4H3;6-7,11-15H,4-5,8-10H2,1-3H3. The van der Waals surface area contributed by atoms with Gasteiger partial charge in [0.2, 0.25) is 0 Å². The summed E-state index contributed by atoms with van der Waals surface area (Å²) < 4.78 is 52.9. The number of hydrogen-bond donors (Lipinski definition) is 0.